The van der Waals surface area contributed by atoms with Crippen LogP contribution in [-0.2, 0) is 4.79 Å². The fourth-order valence-corrected chi connectivity index (χ4v) is 1.80. The second-order valence-corrected chi connectivity index (χ2v) is 4.69. The molecule has 0 fully saturated rings. The third kappa shape index (κ3) is 3.96. The van der Waals surface area contributed by atoms with Crippen LogP contribution in [0.5, 0.6) is 5.75 Å². The molecule has 0 unspecified atom stereocenters. The molecule has 0 spiro atoms. The lowest BCUT2D eigenvalue weighted by atomic mass is 10.2. The molecule has 2 rings (SSSR count). The SMILES string of the molecule is Cc1ccc(F)cc1NC(=O)COc1cccc(Cl)c1. The van der Waals surface area contributed by atoms with Crippen LogP contribution >= 0.6 is 11.6 Å². The molecule has 0 saturated carbocycles. The fourth-order valence-electron chi connectivity index (χ4n) is 1.62. The number of nitrogens with one attached hydrogen (secondary N) is 1. The number of anilines is 1. The number of rotatable bonds is 4. The first-order valence-corrected chi connectivity index (χ1v) is 6.37. The van der Waals surface area contributed by atoms with E-state index in [1.54, 1.807) is 37.3 Å². The van der Waals surface area contributed by atoms with Crippen LogP contribution in [0.2, 0.25) is 5.02 Å². The molecule has 104 valence electrons. The number of benzene rings is 2. The van der Waals surface area contributed by atoms with Crippen LogP contribution in [0.1, 0.15) is 5.56 Å². The van der Waals surface area contributed by atoms with E-state index in [0.29, 0.717) is 16.5 Å². The molecule has 2 aromatic rings. The predicted molar refractivity (Wildman–Crippen MR) is 76.7 cm³/mol. The predicted octanol–water partition coefficient (Wildman–Crippen LogP) is 3.81. The Morgan fingerprint density at radius 1 is 1.30 bits per heavy atom. The first-order chi connectivity index (χ1) is 9.54. The van der Waals surface area contributed by atoms with E-state index in [2.05, 4.69) is 5.32 Å². The van der Waals surface area contributed by atoms with Crippen LogP contribution in [0.25, 0.3) is 0 Å². The van der Waals surface area contributed by atoms with Crippen molar-refractivity contribution in [1.82, 2.24) is 0 Å². The molecule has 0 aliphatic heterocycles. The number of amides is 1. The quantitative estimate of drug-likeness (QED) is 0.931. The number of halogens is 2. The number of carbonyl (C=O) groups excluding carboxylic acids is 1. The molecule has 5 heteroatoms. The number of aryl methyl sites for hydroxylation is 1. The van der Waals surface area contributed by atoms with Gasteiger partial charge < -0.3 is 10.1 Å². The summed E-state index contributed by atoms with van der Waals surface area (Å²) >= 11 is 5.81. The van der Waals surface area contributed by atoms with Crippen LogP contribution in [-0.4, -0.2) is 12.5 Å². The number of hydrogen-bond donors (Lipinski definition) is 1. The fraction of sp³-hybridized carbons (Fsp3) is 0.133. The van der Waals surface area contributed by atoms with Gasteiger partial charge in [-0.3, -0.25) is 4.79 Å². The first kappa shape index (κ1) is 14.3. The van der Waals surface area contributed by atoms with Gasteiger partial charge in [-0.15, -0.1) is 0 Å². The van der Waals surface area contributed by atoms with Gasteiger partial charge in [0.15, 0.2) is 6.61 Å². The lowest BCUT2D eigenvalue weighted by Crippen LogP contribution is -2.20. The smallest absolute Gasteiger partial charge is 0.262 e. The van der Waals surface area contributed by atoms with E-state index >= 15 is 0 Å². The Labute approximate surface area is 121 Å². The van der Waals surface area contributed by atoms with Gasteiger partial charge in [0.25, 0.3) is 5.91 Å². The third-order valence-corrected chi connectivity index (χ3v) is 2.87. The van der Waals surface area contributed by atoms with Crippen LogP contribution in [0.3, 0.4) is 0 Å². The van der Waals surface area contributed by atoms with Crippen molar-refractivity contribution in [2.75, 3.05) is 11.9 Å². The zero-order valence-electron chi connectivity index (χ0n) is 10.8. The molecule has 0 atom stereocenters. The minimum Gasteiger partial charge on any atom is -0.484 e. The standard InChI is InChI=1S/C15H13ClFNO2/c1-10-5-6-12(17)8-14(10)18-15(19)9-20-13-4-2-3-11(16)7-13/h2-8H,9H2,1H3,(H,18,19). The van der Waals surface area contributed by atoms with E-state index in [0.717, 1.165) is 5.56 Å². The molecule has 0 aromatic heterocycles. The van der Waals surface area contributed by atoms with Crippen molar-refractivity contribution in [1.29, 1.82) is 0 Å². The molecule has 0 aliphatic rings. The maximum atomic E-state index is 13.1. The Kier molecular flexibility index (Phi) is 4.58. The molecule has 1 amide bonds. The second-order valence-electron chi connectivity index (χ2n) is 4.25. The highest BCUT2D eigenvalue weighted by Gasteiger charge is 2.07. The largest absolute Gasteiger partial charge is 0.484 e. The maximum absolute atomic E-state index is 13.1. The van der Waals surface area contributed by atoms with Crippen LogP contribution in [0.15, 0.2) is 42.5 Å². The Morgan fingerprint density at radius 2 is 2.10 bits per heavy atom. The van der Waals surface area contributed by atoms with Gasteiger partial charge in [0, 0.05) is 10.7 Å². The normalized spacial score (nSPS) is 10.2. The number of ether oxygens (including phenoxy) is 1. The molecule has 0 bridgehead atoms. The number of hydrogen-bond acceptors (Lipinski definition) is 2. The molecule has 2 aromatic carbocycles. The van der Waals surface area contributed by atoms with Gasteiger partial charge in [0.2, 0.25) is 0 Å². The molecular weight excluding hydrogens is 281 g/mol. The summed E-state index contributed by atoms with van der Waals surface area (Å²) in [6.07, 6.45) is 0. The van der Waals surface area contributed by atoms with Crippen molar-refractivity contribution >= 4 is 23.2 Å². The van der Waals surface area contributed by atoms with E-state index in [9.17, 15) is 9.18 Å². The van der Waals surface area contributed by atoms with Crippen LogP contribution in [0, 0.1) is 12.7 Å². The van der Waals surface area contributed by atoms with Crippen LogP contribution < -0.4 is 10.1 Å². The summed E-state index contributed by atoms with van der Waals surface area (Å²) in [6, 6.07) is 11.0. The van der Waals surface area contributed by atoms with Crippen LogP contribution in [0.4, 0.5) is 10.1 Å². The molecule has 1 N–H and O–H groups in total. The Hall–Kier alpha value is -2.07. The molecule has 0 heterocycles. The summed E-state index contributed by atoms with van der Waals surface area (Å²) in [5.41, 5.74) is 1.21. The van der Waals surface area contributed by atoms with Gasteiger partial charge in [0.05, 0.1) is 0 Å². The summed E-state index contributed by atoms with van der Waals surface area (Å²) < 4.78 is 18.4. The highest BCUT2D eigenvalue weighted by molar-refractivity contribution is 6.30. The Morgan fingerprint density at radius 3 is 2.85 bits per heavy atom. The Bertz CT molecular complexity index is 631. The molecule has 20 heavy (non-hydrogen) atoms. The monoisotopic (exact) mass is 293 g/mol. The zero-order chi connectivity index (χ0) is 14.5. The third-order valence-electron chi connectivity index (χ3n) is 2.64. The molecular formula is C15H13ClFNO2. The average Bonchev–Trinajstić information content (AvgIpc) is 2.41. The minimum atomic E-state index is -0.401. The number of carbonyl (C=O) groups is 1. The summed E-state index contributed by atoms with van der Waals surface area (Å²) in [5.74, 6) is -0.260. The molecule has 0 saturated heterocycles. The topological polar surface area (TPSA) is 38.3 Å². The zero-order valence-corrected chi connectivity index (χ0v) is 11.6. The van der Waals surface area contributed by atoms with E-state index in [4.69, 9.17) is 16.3 Å². The Balaban J connectivity index is 1.94. The van der Waals surface area contributed by atoms with Gasteiger partial charge in [-0.05, 0) is 42.8 Å². The highest BCUT2D eigenvalue weighted by Crippen LogP contribution is 2.18. The van der Waals surface area contributed by atoms with E-state index in [1.165, 1.54) is 12.1 Å². The molecule has 3 nitrogen and oxygen atoms in total. The highest BCUT2D eigenvalue weighted by atomic mass is 35.5. The van der Waals surface area contributed by atoms with Crippen molar-refractivity contribution < 1.29 is 13.9 Å². The summed E-state index contributed by atoms with van der Waals surface area (Å²) in [5, 5.41) is 3.13. The van der Waals surface area contributed by atoms with Crippen molar-refractivity contribution in [2.45, 2.75) is 6.92 Å². The van der Waals surface area contributed by atoms with Gasteiger partial charge in [-0.1, -0.05) is 23.7 Å². The van der Waals surface area contributed by atoms with E-state index in [-0.39, 0.29) is 12.5 Å². The van der Waals surface area contributed by atoms with E-state index < -0.39 is 5.82 Å². The lowest BCUT2D eigenvalue weighted by Gasteiger charge is -2.09. The van der Waals surface area contributed by atoms with Crippen molar-refractivity contribution in [3.05, 3.63) is 58.9 Å². The van der Waals surface area contributed by atoms with Gasteiger partial charge in [-0.2, -0.15) is 0 Å². The van der Waals surface area contributed by atoms with E-state index in [1.807, 2.05) is 0 Å². The van der Waals surface area contributed by atoms with Crippen molar-refractivity contribution in [3.8, 4) is 5.75 Å². The van der Waals surface area contributed by atoms with Gasteiger partial charge in [-0.25, -0.2) is 4.39 Å². The first-order valence-electron chi connectivity index (χ1n) is 5.99. The summed E-state index contributed by atoms with van der Waals surface area (Å²) in [7, 11) is 0. The molecule has 0 aliphatic carbocycles. The minimum absolute atomic E-state index is 0.170. The summed E-state index contributed by atoms with van der Waals surface area (Å²) in [4.78, 5) is 11.7. The second kappa shape index (κ2) is 6.39. The average molecular weight is 294 g/mol. The molecule has 0 radical (unpaired) electrons. The maximum Gasteiger partial charge on any atom is 0.262 e. The van der Waals surface area contributed by atoms with Gasteiger partial charge >= 0.3 is 0 Å². The lowest BCUT2D eigenvalue weighted by molar-refractivity contribution is -0.118. The van der Waals surface area contributed by atoms with Crippen molar-refractivity contribution in [3.63, 3.8) is 0 Å². The van der Waals surface area contributed by atoms with Crippen molar-refractivity contribution in [2.24, 2.45) is 0 Å². The van der Waals surface area contributed by atoms with Gasteiger partial charge in [0.1, 0.15) is 11.6 Å². The summed E-state index contributed by atoms with van der Waals surface area (Å²) in [6.45, 7) is 1.61.